The van der Waals surface area contributed by atoms with E-state index in [1.165, 1.54) is 24.8 Å². The van der Waals surface area contributed by atoms with Crippen LogP contribution in [-0.2, 0) is 0 Å². The fourth-order valence-corrected chi connectivity index (χ4v) is 2.54. The number of rotatable bonds is 5. The molecule has 5 heteroatoms. The second kappa shape index (κ2) is 10.4. The van der Waals surface area contributed by atoms with Crippen molar-refractivity contribution in [1.82, 2.24) is 15.2 Å². The predicted molar refractivity (Wildman–Crippen MR) is 85.4 cm³/mol. The Labute approximate surface area is 129 Å². The molecule has 0 bridgehead atoms. The summed E-state index contributed by atoms with van der Waals surface area (Å²) >= 11 is 0. The minimum absolute atomic E-state index is 0. The van der Waals surface area contributed by atoms with Crippen LogP contribution in [0.4, 0.5) is 0 Å². The first-order valence-electron chi connectivity index (χ1n) is 6.76. The van der Waals surface area contributed by atoms with E-state index in [9.17, 15) is 0 Å². The minimum Gasteiger partial charge on any atom is -0.314 e. The van der Waals surface area contributed by atoms with Crippen LogP contribution in [0.5, 0.6) is 0 Å². The maximum atomic E-state index is 4.12. The number of piperazine rings is 1. The molecular formula is C14H25Cl2N3. The fraction of sp³-hybridized carbons (Fsp3) is 0.643. The van der Waals surface area contributed by atoms with Crippen LogP contribution in [-0.4, -0.2) is 36.1 Å². The summed E-state index contributed by atoms with van der Waals surface area (Å²) in [5.74, 6) is 0. The van der Waals surface area contributed by atoms with Gasteiger partial charge in [0.1, 0.15) is 0 Å². The second-order valence-electron chi connectivity index (χ2n) is 4.72. The van der Waals surface area contributed by atoms with Crippen molar-refractivity contribution in [3.63, 3.8) is 0 Å². The zero-order valence-corrected chi connectivity index (χ0v) is 13.2. The number of halogens is 2. The third-order valence-electron chi connectivity index (χ3n) is 3.51. The Morgan fingerprint density at radius 1 is 1.21 bits per heavy atom. The molecule has 0 spiro atoms. The smallest absolute Gasteiger partial charge is 0.0350 e. The number of nitrogens with zero attached hydrogens (tertiary/aromatic N) is 2. The van der Waals surface area contributed by atoms with Gasteiger partial charge in [0, 0.05) is 44.6 Å². The lowest BCUT2D eigenvalue weighted by Gasteiger charge is -2.35. The molecule has 1 aromatic heterocycles. The maximum absolute atomic E-state index is 4.12. The molecule has 0 saturated carbocycles. The average molecular weight is 306 g/mol. The van der Waals surface area contributed by atoms with E-state index >= 15 is 0 Å². The van der Waals surface area contributed by atoms with E-state index in [1.807, 2.05) is 12.4 Å². The van der Waals surface area contributed by atoms with E-state index in [4.69, 9.17) is 0 Å². The van der Waals surface area contributed by atoms with Crippen LogP contribution in [0.15, 0.2) is 24.5 Å². The van der Waals surface area contributed by atoms with Crippen molar-refractivity contribution in [2.24, 2.45) is 0 Å². The summed E-state index contributed by atoms with van der Waals surface area (Å²) in [5.41, 5.74) is 1.43. The first-order valence-corrected chi connectivity index (χ1v) is 6.76. The van der Waals surface area contributed by atoms with E-state index in [-0.39, 0.29) is 24.8 Å². The summed E-state index contributed by atoms with van der Waals surface area (Å²) in [7, 11) is 0. The van der Waals surface area contributed by atoms with Crippen LogP contribution < -0.4 is 5.32 Å². The molecule has 1 atom stereocenters. The molecule has 3 nitrogen and oxygen atoms in total. The van der Waals surface area contributed by atoms with E-state index in [0.29, 0.717) is 6.04 Å². The second-order valence-corrected chi connectivity index (χ2v) is 4.72. The highest BCUT2D eigenvalue weighted by Crippen LogP contribution is 2.26. The van der Waals surface area contributed by atoms with E-state index < -0.39 is 0 Å². The number of hydrogen-bond donors (Lipinski definition) is 1. The first kappa shape index (κ1) is 18.7. The van der Waals surface area contributed by atoms with Crippen LogP contribution in [0.25, 0.3) is 0 Å². The summed E-state index contributed by atoms with van der Waals surface area (Å²) in [5, 5.41) is 3.42. The summed E-state index contributed by atoms with van der Waals surface area (Å²) < 4.78 is 0. The molecule has 0 unspecified atom stereocenters. The highest BCUT2D eigenvalue weighted by molar-refractivity contribution is 5.85. The zero-order valence-electron chi connectivity index (χ0n) is 11.5. The Balaban J connectivity index is 0.00000162. The van der Waals surface area contributed by atoms with Crippen molar-refractivity contribution in [1.29, 1.82) is 0 Å². The van der Waals surface area contributed by atoms with Gasteiger partial charge >= 0.3 is 0 Å². The Morgan fingerprint density at radius 3 is 2.42 bits per heavy atom. The largest absolute Gasteiger partial charge is 0.314 e. The maximum Gasteiger partial charge on any atom is 0.0350 e. The molecule has 0 aromatic carbocycles. The van der Waals surface area contributed by atoms with Gasteiger partial charge in [-0.3, -0.25) is 9.88 Å². The van der Waals surface area contributed by atoms with Gasteiger partial charge in [0.25, 0.3) is 0 Å². The molecule has 0 aliphatic carbocycles. The molecule has 110 valence electrons. The molecule has 1 aliphatic heterocycles. The Bertz CT molecular complexity index is 316. The lowest BCUT2D eigenvalue weighted by atomic mass is 10.00. The molecule has 19 heavy (non-hydrogen) atoms. The molecule has 1 aliphatic rings. The van der Waals surface area contributed by atoms with Gasteiger partial charge < -0.3 is 5.32 Å². The van der Waals surface area contributed by atoms with Crippen LogP contribution in [0.3, 0.4) is 0 Å². The van der Waals surface area contributed by atoms with Crippen molar-refractivity contribution < 1.29 is 0 Å². The van der Waals surface area contributed by atoms with E-state index in [1.54, 1.807) is 0 Å². The van der Waals surface area contributed by atoms with Gasteiger partial charge in [-0.25, -0.2) is 0 Å². The molecule has 1 N–H and O–H groups in total. The number of nitrogens with one attached hydrogen (secondary N) is 1. The normalized spacial score (nSPS) is 17.1. The molecule has 1 aromatic rings. The summed E-state index contributed by atoms with van der Waals surface area (Å²) in [6.45, 7) is 6.83. The molecule has 1 saturated heterocycles. The van der Waals surface area contributed by atoms with Gasteiger partial charge in [-0.2, -0.15) is 0 Å². The van der Waals surface area contributed by atoms with Crippen LogP contribution in [0.2, 0.25) is 0 Å². The lowest BCUT2D eigenvalue weighted by Crippen LogP contribution is -2.45. The number of unbranched alkanes of at least 4 members (excludes halogenated alkanes) is 1. The molecule has 0 radical (unpaired) electrons. The standard InChI is InChI=1S/C14H23N3.2ClH/c1-2-3-4-14(13-5-7-15-8-6-13)17-11-9-16-10-12-17;;/h5-8,14,16H,2-4,9-12H2,1H3;2*1H/t14-;;/m0../s1. The van der Waals surface area contributed by atoms with E-state index in [2.05, 4.69) is 34.3 Å². The van der Waals surface area contributed by atoms with Crippen LogP contribution in [0.1, 0.15) is 37.8 Å². The fourth-order valence-electron chi connectivity index (χ4n) is 2.54. The third kappa shape index (κ3) is 5.65. The van der Waals surface area contributed by atoms with Gasteiger partial charge in [0.05, 0.1) is 0 Å². The van der Waals surface area contributed by atoms with Crippen molar-refractivity contribution in [3.8, 4) is 0 Å². The van der Waals surface area contributed by atoms with Crippen LogP contribution >= 0.6 is 24.8 Å². The Hall–Kier alpha value is -0.350. The quantitative estimate of drug-likeness (QED) is 0.906. The van der Waals surface area contributed by atoms with Gasteiger partial charge in [0.15, 0.2) is 0 Å². The number of pyridine rings is 1. The number of aromatic nitrogens is 1. The van der Waals surface area contributed by atoms with Gasteiger partial charge in [-0.15, -0.1) is 24.8 Å². The summed E-state index contributed by atoms with van der Waals surface area (Å²) in [4.78, 5) is 6.73. The minimum atomic E-state index is 0. The Morgan fingerprint density at radius 2 is 1.84 bits per heavy atom. The molecular weight excluding hydrogens is 281 g/mol. The van der Waals surface area contributed by atoms with E-state index in [0.717, 1.165) is 26.2 Å². The van der Waals surface area contributed by atoms with Crippen molar-refractivity contribution in [2.45, 2.75) is 32.2 Å². The average Bonchev–Trinajstić information content (AvgIpc) is 2.42. The van der Waals surface area contributed by atoms with Crippen molar-refractivity contribution in [2.75, 3.05) is 26.2 Å². The first-order chi connectivity index (χ1) is 8.42. The summed E-state index contributed by atoms with van der Waals surface area (Å²) in [6.07, 6.45) is 7.66. The molecule has 2 heterocycles. The summed E-state index contributed by atoms with van der Waals surface area (Å²) in [6, 6.07) is 4.92. The number of hydrogen-bond acceptors (Lipinski definition) is 3. The van der Waals surface area contributed by atoms with Gasteiger partial charge in [-0.1, -0.05) is 19.8 Å². The predicted octanol–water partition coefficient (Wildman–Crippen LogP) is 3.06. The highest BCUT2D eigenvalue weighted by Gasteiger charge is 2.21. The molecule has 1 fully saturated rings. The van der Waals surface area contributed by atoms with Crippen LogP contribution in [0, 0.1) is 0 Å². The highest BCUT2D eigenvalue weighted by atomic mass is 35.5. The van der Waals surface area contributed by atoms with Crippen molar-refractivity contribution >= 4 is 24.8 Å². The van der Waals surface area contributed by atoms with Gasteiger partial charge in [0.2, 0.25) is 0 Å². The third-order valence-corrected chi connectivity index (χ3v) is 3.51. The monoisotopic (exact) mass is 305 g/mol. The Kier molecular flexibility index (Phi) is 10.2. The molecule has 0 amide bonds. The zero-order chi connectivity index (χ0) is 11.9. The SMILES string of the molecule is CCCC[C@@H](c1ccncc1)N1CCNCC1.Cl.Cl. The molecule has 2 rings (SSSR count). The lowest BCUT2D eigenvalue weighted by molar-refractivity contribution is 0.163. The van der Waals surface area contributed by atoms with Gasteiger partial charge in [-0.05, 0) is 24.1 Å². The van der Waals surface area contributed by atoms with Crippen molar-refractivity contribution in [3.05, 3.63) is 30.1 Å². The topological polar surface area (TPSA) is 28.2 Å².